The largest absolute Gasteiger partial charge is 0.373 e. The van der Waals surface area contributed by atoms with Crippen LogP contribution in [0, 0.1) is 0 Å². The van der Waals surface area contributed by atoms with Gasteiger partial charge in [-0.05, 0) is 25.3 Å². The van der Waals surface area contributed by atoms with E-state index in [1.165, 1.54) is 11.1 Å². The van der Waals surface area contributed by atoms with Gasteiger partial charge in [-0.3, -0.25) is 0 Å². The molecule has 1 aromatic rings. The summed E-state index contributed by atoms with van der Waals surface area (Å²) in [4.78, 5) is 0. The van der Waals surface area contributed by atoms with Crippen molar-refractivity contribution in [1.82, 2.24) is 0 Å². The zero-order valence-electron chi connectivity index (χ0n) is 10.9. The number of halogens is 1. The number of benzene rings is 1. The van der Waals surface area contributed by atoms with Gasteiger partial charge in [0.2, 0.25) is 0 Å². The molecule has 1 rings (SSSR count). The molecule has 0 radical (unpaired) electrons. The van der Waals surface area contributed by atoms with Crippen molar-refractivity contribution in [3.05, 3.63) is 59.7 Å². The molecule has 2 heteroatoms. The third kappa shape index (κ3) is 7.31. The smallest absolute Gasteiger partial charge is 0.0721 e. The molecule has 1 aromatic carbocycles. The zero-order valence-corrected chi connectivity index (χ0v) is 11.7. The number of hydrogen-bond acceptors (Lipinski definition) is 1. The van der Waals surface area contributed by atoms with Gasteiger partial charge >= 0.3 is 0 Å². The molecule has 0 aromatic heterocycles. The van der Waals surface area contributed by atoms with Gasteiger partial charge in [0.1, 0.15) is 0 Å². The van der Waals surface area contributed by atoms with Crippen molar-refractivity contribution in [3.63, 3.8) is 0 Å². The Morgan fingerprint density at radius 3 is 2.67 bits per heavy atom. The molecule has 18 heavy (non-hydrogen) atoms. The number of allylic oxidation sites excluding steroid dienone is 3. The molecule has 0 spiro atoms. The predicted octanol–water partition coefficient (Wildman–Crippen LogP) is 4.72. The molecule has 0 saturated heterocycles. The van der Waals surface area contributed by atoms with Gasteiger partial charge in [0.05, 0.1) is 13.2 Å². The summed E-state index contributed by atoms with van der Waals surface area (Å²) in [6, 6.07) is 10.2. The average Bonchev–Trinajstić information content (AvgIpc) is 2.42. The monoisotopic (exact) mass is 264 g/mol. The topological polar surface area (TPSA) is 9.23 Å². The van der Waals surface area contributed by atoms with Gasteiger partial charge in [0.15, 0.2) is 0 Å². The maximum atomic E-state index is 5.69. The van der Waals surface area contributed by atoms with E-state index >= 15 is 0 Å². The summed E-state index contributed by atoms with van der Waals surface area (Å²) < 4.78 is 5.55. The second-order valence-electron chi connectivity index (χ2n) is 4.23. The zero-order chi connectivity index (χ0) is 13.1. The van der Waals surface area contributed by atoms with E-state index < -0.39 is 0 Å². The van der Waals surface area contributed by atoms with Crippen LogP contribution in [0.1, 0.15) is 25.3 Å². The highest BCUT2D eigenvalue weighted by atomic mass is 35.5. The van der Waals surface area contributed by atoms with E-state index in [9.17, 15) is 0 Å². The minimum Gasteiger partial charge on any atom is -0.373 e. The SMILES string of the molecule is C/C(=C\CC/C=C/COCc1ccccc1)CCl. The van der Waals surface area contributed by atoms with Gasteiger partial charge in [0.25, 0.3) is 0 Å². The first-order valence-corrected chi connectivity index (χ1v) is 6.84. The number of hydrogen-bond donors (Lipinski definition) is 0. The Kier molecular flexibility index (Phi) is 8.28. The molecule has 0 unspecified atom stereocenters. The minimum absolute atomic E-state index is 0.629. The van der Waals surface area contributed by atoms with E-state index in [1.54, 1.807) is 0 Å². The fourth-order valence-corrected chi connectivity index (χ4v) is 1.59. The van der Waals surface area contributed by atoms with Crippen molar-refractivity contribution in [2.24, 2.45) is 0 Å². The van der Waals surface area contributed by atoms with Gasteiger partial charge in [-0.15, -0.1) is 11.6 Å². The number of alkyl halides is 1. The molecule has 0 N–H and O–H groups in total. The van der Waals surface area contributed by atoms with Crippen molar-refractivity contribution in [3.8, 4) is 0 Å². The Balaban J connectivity index is 2.04. The highest BCUT2D eigenvalue weighted by Crippen LogP contribution is 2.02. The first-order valence-electron chi connectivity index (χ1n) is 6.31. The Bertz CT molecular complexity index is 368. The maximum absolute atomic E-state index is 5.69. The molecule has 0 bridgehead atoms. The van der Waals surface area contributed by atoms with Crippen LogP contribution in [-0.4, -0.2) is 12.5 Å². The molecule has 1 nitrogen and oxygen atoms in total. The molecule has 0 atom stereocenters. The molecule has 0 fully saturated rings. The van der Waals surface area contributed by atoms with Gasteiger partial charge in [-0.2, -0.15) is 0 Å². The van der Waals surface area contributed by atoms with E-state index in [1.807, 2.05) is 18.2 Å². The minimum atomic E-state index is 0.629. The van der Waals surface area contributed by atoms with E-state index in [4.69, 9.17) is 16.3 Å². The van der Waals surface area contributed by atoms with Gasteiger partial charge in [-0.1, -0.05) is 54.1 Å². The van der Waals surface area contributed by atoms with Crippen molar-refractivity contribution in [2.75, 3.05) is 12.5 Å². The summed E-state index contributed by atoms with van der Waals surface area (Å²) in [5.41, 5.74) is 2.46. The Labute approximate surface area is 115 Å². The third-order valence-corrected chi connectivity index (χ3v) is 2.95. The number of unbranched alkanes of at least 4 members (excludes halogenated alkanes) is 1. The third-order valence-electron chi connectivity index (χ3n) is 2.53. The maximum Gasteiger partial charge on any atom is 0.0721 e. The highest BCUT2D eigenvalue weighted by molar-refractivity contribution is 6.19. The summed E-state index contributed by atoms with van der Waals surface area (Å²) in [5.74, 6) is 0.629. The Morgan fingerprint density at radius 2 is 1.94 bits per heavy atom. The lowest BCUT2D eigenvalue weighted by atomic mass is 10.2. The number of ether oxygens (including phenoxy) is 1. The van der Waals surface area contributed by atoms with E-state index in [0.717, 1.165) is 12.8 Å². The summed E-state index contributed by atoms with van der Waals surface area (Å²) in [6.45, 7) is 3.41. The molecular weight excluding hydrogens is 244 g/mol. The van der Waals surface area contributed by atoms with E-state index in [2.05, 4.69) is 37.3 Å². The van der Waals surface area contributed by atoms with Crippen LogP contribution in [0.25, 0.3) is 0 Å². The molecule has 0 aliphatic carbocycles. The molecule has 98 valence electrons. The van der Waals surface area contributed by atoms with Crippen LogP contribution in [0.2, 0.25) is 0 Å². The lowest BCUT2D eigenvalue weighted by Crippen LogP contribution is -1.91. The van der Waals surface area contributed by atoms with Crippen LogP contribution in [0.5, 0.6) is 0 Å². The van der Waals surface area contributed by atoms with Crippen molar-refractivity contribution in [1.29, 1.82) is 0 Å². The van der Waals surface area contributed by atoms with Gasteiger partial charge < -0.3 is 4.74 Å². The lowest BCUT2D eigenvalue weighted by molar-refractivity contribution is 0.148. The first-order chi connectivity index (χ1) is 8.83. The molecular formula is C16H21ClO. The standard InChI is InChI=1S/C16H21ClO/c1-15(13-17)9-5-2-3-8-12-18-14-16-10-6-4-7-11-16/h3-4,6-11H,2,5,12-14H2,1H3/b8-3+,15-9+. The van der Waals surface area contributed by atoms with Crippen LogP contribution in [0.4, 0.5) is 0 Å². The normalized spacial score (nSPS) is 12.2. The molecule has 0 saturated carbocycles. The second-order valence-corrected chi connectivity index (χ2v) is 4.50. The van der Waals surface area contributed by atoms with Crippen LogP contribution in [-0.2, 0) is 11.3 Å². The van der Waals surface area contributed by atoms with Crippen LogP contribution >= 0.6 is 11.6 Å². The summed E-state index contributed by atoms with van der Waals surface area (Å²) in [7, 11) is 0. The van der Waals surface area contributed by atoms with Crippen LogP contribution in [0.15, 0.2) is 54.1 Å². The van der Waals surface area contributed by atoms with Crippen LogP contribution < -0.4 is 0 Å². The number of rotatable bonds is 8. The first kappa shape index (κ1) is 15.0. The summed E-state index contributed by atoms with van der Waals surface area (Å²) in [5, 5.41) is 0. The summed E-state index contributed by atoms with van der Waals surface area (Å²) in [6.07, 6.45) is 8.51. The van der Waals surface area contributed by atoms with Crippen LogP contribution in [0.3, 0.4) is 0 Å². The highest BCUT2D eigenvalue weighted by Gasteiger charge is 1.89. The average molecular weight is 265 g/mol. The van der Waals surface area contributed by atoms with Crippen molar-refractivity contribution in [2.45, 2.75) is 26.4 Å². The fourth-order valence-electron chi connectivity index (χ4n) is 1.49. The quantitative estimate of drug-likeness (QED) is 0.375. The van der Waals surface area contributed by atoms with E-state index in [0.29, 0.717) is 19.1 Å². The molecule has 0 aliphatic heterocycles. The van der Waals surface area contributed by atoms with Crippen molar-refractivity contribution < 1.29 is 4.74 Å². The Morgan fingerprint density at radius 1 is 1.17 bits per heavy atom. The van der Waals surface area contributed by atoms with Crippen molar-refractivity contribution >= 4 is 11.6 Å². The van der Waals surface area contributed by atoms with Gasteiger partial charge in [0, 0.05) is 5.88 Å². The Hall–Kier alpha value is -1.05. The fraction of sp³-hybridized carbons (Fsp3) is 0.375. The molecule has 0 amide bonds. The molecule has 0 heterocycles. The predicted molar refractivity (Wildman–Crippen MR) is 78.9 cm³/mol. The second kappa shape index (κ2) is 9.93. The summed E-state index contributed by atoms with van der Waals surface area (Å²) >= 11 is 5.69. The van der Waals surface area contributed by atoms with E-state index in [-0.39, 0.29) is 0 Å². The molecule has 0 aliphatic rings. The lowest BCUT2D eigenvalue weighted by Gasteiger charge is -2.00. The van der Waals surface area contributed by atoms with Gasteiger partial charge in [-0.25, -0.2) is 0 Å².